The summed E-state index contributed by atoms with van der Waals surface area (Å²) in [6, 6.07) is 0.240. The number of likely N-dealkylation sites (tertiary alicyclic amines) is 1. The van der Waals surface area contributed by atoms with E-state index < -0.39 is 0 Å². The molecule has 128 valence electrons. The molecule has 1 aromatic rings. The van der Waals surface area contributed by atoms with Gasteiger partial charge in [0.05, 0.1) is 25.5 Å². The third kappa shape index (κ3) is 4.31. The van der Waals surface area contributed by atoms with E-state index in [2.05, 4.69) is 20.3 Å². The van der Waals surface area contributed by atoms with Gasteiger partial charge in [-0.25, -0.2) is 0 Å². The van der Waals surface area contributed by atoms with Gasteiger partial charge in [0.15, 0.2) is 0 Å². The van der Waals surface area contributed by atoms with Crippen molar-refractivity contribution >= 4 is 5.91 Å². The highest BCUT2D eigenvalue weighted by molar-refractivity contribution is 5.78. The number of nitrogens with one attached hydrogen (secondary N) is 1. The predicted molar refractivity (Wildman–Crippen MR) is 85.1 cm³/mol. The van der Waals surface area contributed by atoms with Crippen LogP contribution in [0.15, 0.2) is 4.52 Å². The maximum atomic E-state index is 12.2. The molecule has 3 rings (SSSR count). The van der Waals surface area contributed by atoms with Crippen molar-refractivity contribution in [1.29, 1.82) is 0 Å². The first kappa shape index (κ1) is 16.4. The molecule has 7 nitrogen and oxygen atoms in total. The minimum absolute atomic E-state index is 0.121. The van der Waals surface area contributed by atoms with Crippen LogP contribution in [0.2, 0.25) is 0 Å². The van der Waals surface area contributed by atoms with Crippen molar-refractivity contribution in [3.05, 3.63) is 17.0 Å². The molecular formula is C16H26N4O3. The first-order valence-corrected chi connectivity index (χ1v) is 8.35. The maximum absolute atomic E-state index is 12.2. The Kier molecular flexibility index (Phi) is 5.30. The molecule has 1 N–H and O–H groups in total. The van der Waals surface area contributed by atoms with E-state index in [9.17, 15) is 4.79 Å². The van der Waals surface area contributed by atoms with E-state index in [1.54, 1.807) is 0 Å². The van der Waals surface area contributed by atoms with Crippen LogP contribution in [0.5, 0.6) is 0 Å². The van der Waals surface area contributed by atoms with Crippen molar-refractivity contribution in [3.63, 3.8) is 0 Å². The number of aromatic nitrogens is 1. The van der Waals surface area contributed by atoms with Crippen LogP contribution in [-0.4, -0.2) is 72.8 Å². The number of morpholine rings is 1. The Bertz CT molecular complexity index is 520. The highest BCUT2D eigenvalue weighted by atomic mass is 16.5. The number of amides is 1. The predicted octanol–water partition coefficient (Wildman–Crippen LogP) is 0.314. The summed E-state index contributed by atoms with van der Waals surface area (Å²) in [6.07, 6.45) is 0.998. The Hall–Kier alpha value is -1.44. The van der Waals surface area contributed by atoms with Gasteiger partial charge in [0.1, 0.15) is 5.76 Å². The van der Waals surface area contributed by atoms with Gasteiger partial charge in [-0.1, -0.05) is 5.16 Å². The lowest BCUT2D eigenvalue weighted by Crippen LogP contribution is -2.46. The van der Waals surface area contributed by atoms with Gasteiger partial charge in [0, 0.05) is 44.3 Å². The van der Waals surface area contributed by atoms with E-state index in [-0.39, 0.29) is 11.9 Å². The van der Waals surface area contributed by atoms with Gasteiger partial charge in [0.2, 0.25) is 5.91 Å². The van der Waals surface area contributed by atoms with E-state index in [4.69, 9.17) is 9.26 Å². The summed E-state index contributed by atoms with van der Waals surface area (Å²) < 4.78 is 10.5. The van der Waals surface area contributed by atoms with Gasteiger partial charge in [-0.05, 0) is 20.3 Å². The molecular weight excluding hydrogens is 296 g/mol. The maximum Gasteiger partial charge on any atom is 0.234 e. The minimum atomic E-state index is 0.121. The number of carbonyl (C=O) groups excluding carboxylic acids is 1. The molecule has 7 heteroatoms. The van der Waals surface area contributed by atoms with Crippen LogP contribution in [0.4, 0.5) is 0 Å². The minimum Gasteiger partial charge on any atom is -0.379 e. The smallest absolute Gasteiger partial charge is 0.234 e. The van der Waals surface area contributed by atoms with Gasteiger partial charge in [-0.3, -0.25) is 14.6 Å². The zero-order chi connectivity index (χ0) is 16.2. The average molecular weight is 322 g/mol. The monoisotopic (exact) mass is 322 g/mol. The third-order valence-corrected chi connectivity index (χ3v) is 4.67. The van der Waals surface area contributed by atoms with Crippen LogP contribution < -0.4 is 5.32 Å². The van der Waals surface area contributed by atoms with Crippen molar-refractivity contribution in [2.24, 2.45) is 0 Å². The molecule has 1 atom stereocenters. The first-order chi connectivity index (χ1) is 11.1. The second kappa shape index (κ2) is 7.42. The summed E-state index contributed by atoms with van der Waals surface area (Å²) in [7, 11) is 0. The number of aryl methyl sites for hydroxylation is 2. The zero-order valence-electron chi connectivity index (χ0n) is 14.0. The highest BCUT2D eigenvalue weighted by Gasteiger charge is 2.26. The van der Waals surface area contributed by atoms with Crippen LogP contribution in [-0.2, 0) is 16.1 Å². The summed E-state index contributed by atoms with van der Waals surface area (Å²) in [5.41, 5.74) is 2.13. The fourth-order valence-electron chi connectivity index (χ4n) is 3.28. The van der Waals surface area contributed by atoms with Crippen LogP contribution in [0.3, 0.4) is 0 Å². The number of hydrogen-bond acceptors (Lipinski definition) is 6. The molecule has 1 unspecified atom stereocenters. The van der Waals surface area contributed by atoms with Gasteiger partial charge in [-0.15, -0.1) is 0 Å². The zero-order valence-corrected chi connectivity index (χ0v) is 14.0. The van der Waals surface area contributed by atoms with Crippen LogP contribution >= 0.6 is 0 Å². The number of nitrogens with zero attached hydrogens (tertiary/aromatic N) is 3. The average Bonchev–Trinajstić information content (AvgIpc) is 3.10. The standard InChI is InChI=1S/C16H26N4O3/c1-12-15(13(2)23-18-12)10-20-4-3-14(9-20)17-16(21)11-19-5-7-22-8-6-19/h14H,3-11H2,1-2H3,(H,17,21). The van der Waals surface area contributed by atoms with Crippen molar-refractivity contribution < 1.29 is 14.1 Å². The molecule has 0 spiro atoms. The lowest BCUT2D eigenvalue weighted by Gasteiger charge is -2.26. The highest BCUT2D eigenvalue weighted by Crippen LogP contribution is 2.18. The molecule has 0 aromatic carbocycles. The van der Waals surface area contributed by atoms with Crippen LogP contribution in [0, 0.1) is 13.8 Å². The van der Waals surface area contributed by atoms with Gasteiger partial charge < -0.3 is 14.6 Å². The molecule has 0 bridgehead atoms. The summed E-state index contributed by atoms with van der Waals surface area (Å²) >= 11 is 0. The molecule has 0 radical (unpaired) electrons. The molecule has 1 aromatic heterocycles. The van der Waals surface area contributed by atoms with Gasteiger partial charge in [0.25, 0.3) is 0 Å². The summed E-state index contributed by atoms with van der Waals surface area (Å²) in [4.78, 5) is 16.7. The number of ether oxygens (including phenoxy) is 1. The van der Waals surface area contributed by atoms with E-state index >= 15 is 0 Å². The number of rotatable bonds is 5. The lowest BCUT2D eigenvalue weighted by atomic mass is 10.2. The Morgan fingerprint density at radius 1 is 1.26 bits per heavy atom. The van der Waals surface area contributed by atoms with E-state index in [1.807, 2.05) is 13.8 Å². The lowest BCUT2D eigenvalue weighted by molar-refractivity contribution is -0.123. The summed E-state index contributed by atoms with van der Waals surface area (Å²) in [5, 5.41) is 7.17. The molecule has 0 aliphatic carbocycles. The van der Waals surface area contributed by atoms with Crippen molar-refractivity contribution in [1.82, 2.24) is 20.3 Å². The first-order valence-electron chi connectivity index (χ1n) is 8.35. The topological polar surface area (TPSA) is 70.8 Å². The molecule has 2 saturated heterocycles. The van der Waals surface area contributed by atoms with Crippen LogP contribution in [0.1, 0.15) is 23.4 Å². The van der Waals surface area contributed by atoms with Gasteiger partial charge >= 0.3 is 0 Å². The molecule has 2 fully saturated rings. The van der Waals surface area contributed by atoms with Crippen molar-refractivity contribution in [2.75, 3.05) is 45.9 Å². The second-order valence-corrected chi connectivity index (χ2v) is 6.48. The molecule has 23 heavy (non-hydrogen) atoms. The molecule has 2 aliphatic heterocycles. The van der Waals surface area contributed by atoms with Crippen molar-refractivity contribution in [2.45, 2.75) is 32.9 Å². The van der Waals surface area contributed by atoms with Crippen LogP contribution in [0.25, 0.3) is 0 Å². The Morgan fingerprint density at radius 3 is 2.74 bits per heavy atom. The SMILES string of the molecule is Cc1noc(C)c1CN1CCC(NC(=O)CN2CCOCC2)C1. The Morgan fingerprint density at radius 2 is 2.04 bits per heavy atom. The summed E-state index contributed by atoms with van der Waals surface area (Å²) in [6.45, 7) is 10.3. The third-order valence-electron chi connectivity index (χ3n) is 4.67. The largest absolute Gasteiger partial charge is 0.379 e. The van der Waals surface area contributed by atoms with E-state index in [1.165, 1.54) is 5.56 Å². The second-order valence-electron chi connectivity index (χ2n) is 6.48. The van der Waals surface area contributed by atoms with Gasteiger partial charge in [-0.2, -0.15) is 0 Å². The fourth-order valence-corrected chi connectivity index (χ4v) is 3.28. The molecule has 1 amide bonds. The van der Waals surface area contributed by atoms with E-state index in [0.717, 1.165) is 63.8 Å². The quantitative estimate of drug-likeness (QED) is 0.841. The molecule has 0 saturated carbocycles. The normalized spacial score (nSPS) is 23.3. The Balaban J connectivity index is 1.43. The number of carbonyl (C=O) groups is 1. The van der Waals surface area contributed by atoms with E-state index in [0.29, 0.717) is 6.54 Å². The van der Waals surface area contributed by atoms with Crippen molar-refractivity contribution in [3.8, 4) is 0 Å². The Labute approximate surface area is 136 Å². The number of hydrogen-bond donors (Lipinski definition) is 1. The molecule has 3 heterocycles. The molecule has 2 aliphatic rings. The summed E-state index contributed by atoms with van der Waals surface area (Å²) in [5.74, 6) is 1.01. The fraction of sp³-hybridized carbons (Fsp3) is 0.750.